The summed E-state index contributed by atoms with van der Waals surface area (Å²) in [6.45, 7) is 0. The van der Waals surface area contributed by atoms with E-state index in [1.165, 1.54) is 0 Å². The van der Waals surface area contributed by atoms with Crippen LogP contribution in [0.2, 0.25) is 0 Å². The number of H-pyrrole nitrogens is 1. The Morgan fingerprint density at radius 1 is 1.14 bits per heavy atom. The third kappa shape index (κ3) is 3.89. The third-order valence-electron chi connectivity index (χ3n) is 1.22. The number of hydrogen-bond donors (Lipinski definition) is 1. The van der Waals surface area contributed by atoms with Gasteiger partial charge in [-0.3, -0.25) is 0 Å². The number of para-hydroxylation sites is 2. The van der Waals surface area contributed by atoms with E-state index in [-0.39, 0.29) is 18.9 Å². The molecule has 0 aliphatic carbocycles. The van der Waals surface area contributed by atoms with Crippen molar-refractivity contribution in [3.05, 3.63) is 39.6 Å². The van der Waals surface area contributed by atoms with Gasteiger partial charge in [0.05, 0.1) is 5.09 Å². The second-order valence-corrected chi connectivity index (χ2v) is 2.04. The van der Waals surface area contributed by atoms with Crippen LogP contribution < -0.4 is 18.9 Å². The van der Waals surface area contributed by atoms with E-state index in [0.717, 1.165) is 11.0 Å². The molecule has 0 amide bonds. The van der Waals surface area contributed by atoms with Crippen molar-refractivity contribution >= 4 is 11.0 Å². The van der Waals surface area contributed by atoms with Crippen LogP contribution in [0.15, 0.2) is 24.3 Å². The van der Waals surface area contributed by atoms with Crippen LogP contribution in [0.25, 0.3) is 11.0 Å². The first-order chi connectivity index (χ1) is 6.20. The van der Waals surface area contributed by atoms with Gasteiger partial charge in [0.25, 0.3) is 0 Å². The Morgan fingerprint density at radius 3 is 1.86 bits per heavy atom. The van der Waals surface area contributed by atoms with Gasteiger partial charge in [-0.2, -0.15) is 15.4 Å². The van der Waals surface area contributed by atoms with Crippen molar-refractivity contribution in [1.29, 1.82) is 0 Å². The Hall–Kier alpha value is -1.58. The first kappa shape index (κ1) is 12.4. The molecule has 1 heterocycles. The van der Waals surface area contributed by atoms with E-state index >= 15 is 0 Å². The van der Waals surface area contributed by atoms with Gasteiger partial charge in [-0.25, -0.2) is 0 Å². The third-order valence-corrected chi connectivity index (χ3v) is 1.22. The molecule has 1 aromatic heterocycles. The summed E-state index contributed by atoms with van der Waals surface area (Å²) in [5.41, 5.74) is 1.83. The van der Waals surface area contributed by atoms with Crippen molar-refractivity contribution in [3.8, 4) is 0 Å². The molecule has 0 aliphatic rings. The number of aromatic amines is 1. The topological polar surface area (TPSA) is 108 Å². The fraction of sp³-hybridized carbons (Fsp3) is 0. The number of fused-ring (bicyclic) bond motifs is 1. The van der Waals surface area contributed by atoms with E-state index in [1.807, 2.05) is 24.3 Å². The zero-order valence-corrected chi connectivity index (χ0v) is 7.38. The van der Waals surface area contributed by atoms with Crippen LogP contribution in [-0.2, 0) is 0 Å². The van der Waals surface area contributed by atoms with Crippen LogP contribution in [0.3, 0.4) is 0 Å². The van der Waals surface area contributed by atoms with Gasteiger partial charge in [0.2, 0.25) is 0 Å². The molecule has 1 aromatic carbocycles. The van der Waals surface area contributed by atoms with Gasteiger partial charge in [0, 0.05) is 0 Å². The van der Waals surface area contributed by atoms with Crippen LogP contribution in [0.1, 0.15) is 0 Å². The summed E-state index contributed by atoms with van der Waals surface area (Å²) in [5.74, 6) is 0. The quantitative estimate of drug-likeness (QED) is 0.284. The minimum absolute atomic E-state index is 0. The molecule has 0 atom stereocenters. The Labute approximate surface area is 90.4 Å². The van der Waals surface area contributed by atoms with Crippen molar-refractivity contribution in [3.63, 3.8) is 0 Å². The average molecular weight is 188 g/mol. The SMILES string of the molecule is O=[N+]([O-])[O-].[Li+].c1ccc2n[nH]nc2c1. The van der Waals surface area contributed by atoms with Gasteiger partial charge in [0.1, 0.15) is 11.0 Å². The van der Waals surface area contributed by atoms with E-state index in [4.69, 9.17) is 15.3 Å². The predicted molar refractivity (Wildman–Crippen MR) is 44.3 cm³/mol. The van der Waals surface area contributed by atoms with E-state index in [9.17, 15) is 0 Å². The molecular formula is C6H5LiN4O3. The molecule has 2 rings (SSSR count). The first-order valence-corrected chi connectivity index (χ1v) is 3.27. The molecule has 0 bridgehead atoms. The molecule has 0 unspecified atom stereocenters. The summed E-state index contributed by atoms with van der Waals surface area (Å²) >= 11 is 0. The Morgan fingerprint density at radius 2 is 1.50 bits per heavy atom. The average Bonchev–Trinajstić information content (AvgIpc) is 2.49. The smallest absolute Gasteiger partial charge is 0.356 e. The van der Waals surface area contributed by atoms with E-state index in [0.29, 0.717) is 0 Å². The van der Waals surface area contributed by atoms with Gasteiger partial charge in [0.15, 0.2) is 0 Å². The number of nitrogens with one attached hydrogen (secondary N) is 1. The van der Waals surface area contributed by atoms with Crippen molar-refractivity contribution in [2.24, 2.45) is 0 Å². The maximum Gasteiger partial charge on any atom is 1.00 e. The van der Waals surface area contributed by atoms with Crippen LogP contribution in [0.4, 0.5) is 0 Å². The Bertz CT molecular complexity index is 370. The summed E-state index contributed by atoms with van der Waals surface area (Å²) < 4.78 is 0. The second-order valence-electron chi connectivity index (χ2n) is 2.04. The molecule has 2 aromatic rings. The molecule has 0 fully saturated rings. The molecule has 0 saturated carbocycles. The molecule has 1 N–H and O–H groups in total. The monoisotopic (exact) mass is 188 g/mol. The van der Waals surface area contributed by atoms with Crippen molar-refractivity contribution in [1.82, 2.24) is 15.4 Å². The molecule has 8 heteroatoms. The Balaban J connectivity index is 0.000000299. The Kier molecular flexibility index (Phi) is 5.29. The standard InChI is InChI=1S/C6H5N3.Li.NO3/c1-2-4-6-5(3-1)7-9-8-6;;2-1(3)4/h1-4H,(H,7,8,9);;/q;+1;-1. The first-order valence-electron chi connectivity index (χ1n) is 3.27. The number of hydrogen-bond acceptors (Lipinski definition) is 5. The fourth-order valence-corrected chi connectivity index (χ4v) is 0.786. The van der Waals surface area contributed by atoms with Gasteiger partial charge < -0.3 is 15.3 Å². The number of aromatic nitrogens is 3. The van der Waals surface area contributed by atoms with Crippen molar-refractivity contribution < 1.29 is 23.9 Å². The summed E-state index contributed by atoms with van der Waals surface area (Å²) in [6, 6.07) is 7.70. The maximum absolute atomic E-state index is 8.25. The molecule has 0 radical (unpaired) electrons. The largest absolute Gasteiger partial charge is 1.00 e. The zero-order chi connectivity index (χ0) is 9.68. The minimum Gasteiger partial charge on any atom is -0.356 e. The van der Waals surface area contributed by atoms with E-state index < -0.39 is 5.09 Å². The molecular weight excluding hydrogens is 183 g/mol. The number of nitrogens with zero attached hydrogens (tertiary/aromatic N) is 3. The van der Waals surface area contributed by atoms with Gasteiger partial charge in [-0.05, 0) is 12.1 Å². The maximum atomic E-state index is 8.25. The molecule has 68 valence electrons. The molecule has 7 nitrogen and oxygen atoms in total. The van der Waals surface area contributed by atoms with Crippen LogP contribution >= 0.6 is 0 Å². The molecule has 0 saturated heterocycles. The molecule has 0 aliphatic heterocycles. The van der Waals surface area contributed by atoms with Gasteiger partial charge >= 0.3 is 18.9 Å². The van der Waals surface area contributed by atoms with Crippen molar-refractivity contribution in [2.45, 2.75) is 0 Å². The summed E-state index contributed by atoms with van der Waals surface area (Å²) in [6.07, 6.45) is 0. The number of rotatable bonds is 0. The summed E-state index contributed by atoms with van der Waals surface area (Å²) in [7, 11) is 0. The van der Waals surface area contributed by atoms with Crippen LogP contribution in [0.5, 0.6) is 0 Å². The summed E-state index contributed by atoms with van der Waals surface area (Å²) in [5, 5.41) is 25.1. The van der Waals surface area contributed by atoms with Crippen molar-refractivity contribution in [2.75, 3.05) is 0 Å². The fourth-order valence-electron chi connectivity index (χ4n) is 0.786. The van der Waals surface area contributed by atoms with Crippen LogP contribution in [0, 0.1) is 15.3 Å². The second kappa shape index (κ2) is 5.96. The minimum atomic E-state index is -1.75. The van der Waals surface area contributed by atoms with Gasteiger partial charge in [-0.1, -0.05) is 12.1 Å². The zero-order valence-electron chi connectivity index (χ0n) is 7.38. The summed E-state index contributed by atoms with van der Waals surface area (Å²) in [4.78, 5) is 8.25. The molecule has 14 heavy (non-hydrogen) atoms. The van der Waals surface area contributed by atoms with Gasteiger partial charge in [-0.15, -0.1) is 0 Å². The van der Waals surface area contributed by atoms with E-state index in [2.05, 4.69) is 15.4 Å². The molecule has 0 spiro atoms. The number of benzene rings is 1. The van der Waals surface area contributed by atoms with Crippen LogP contribution in [-0.4, -0.2) is 20.5 Å². The predicted octanol–water partition coefficient (Wildman–Crippen LogP) is -2.28. The van der Waals surface area contributed by atoms with E-state index in [1.54, 1.807) is 0 Å². The normalized spacial score (nSPS) is 8.29.